The Kier molecular flexibility index (Phi) is 28.3. The molecule has 0 saturated heterocycles. The molecule has 4 saturated carbocycles. The van der Waals surface area contributed by atoms with Crippen LogP contribution >= 0.6 is 11.6 Å². The van der Waals surface area contributed by atoms with Crippen LogP contribution in [0.15, 0.2) is 42.2 Å². The summed E-state index contributed by atoms with van der Waals surface area (Å²) >= 11 is 5.36. The van der Waals surface area contributed by atoms with Gasteiger partial charge in [-0.25, -0.2) is 14.6 Å². The normalized spacial score (nSPS) is 27.0. The maximum atomic E-state index is 12.5. The van der Waals surface area contributed by atoms with Gasteiger partial charge in [-0.15, -0.1) is 0 Å². The van der Waals surface area contributed by atoms with E-state index in [1.54, 1.807) is 28.4 Å². The van der Waals surface area contributed by atoms with Gasteiger partial charge in [-0.05, 0) is 247 Å². The summed E-state index contributed by atoms with van der Waals surface area (Å²) in [6.45, 7) is 23.2. The van der Waals surface area contributed by atoms with Crippen LogP contribution in [0, 0.1) is 73.6 Å². The zero-order valence-electron chi connectivity index (χ0n) is 51.9. The predicted molar refractivity (Wildman–Crippen MR) is 313 cm³/mol. The van der Waals surface area contributed by atoms with Crippen molar-refractivity contribution in [2.75, 3.05) is 35.0 Å². The predicted octanol–water partition coefficient (Wildman–Crippen LogP) is 10.4. The number of hydrogen-bond donors (Lipinski definition) is 3. The second kappa shape index (κ2) is 32.2. The van der Waals surface area contributed by atoms with Gasteiger partial charge >= 0.3 is 7.40 Å². The molecule has 448 valence electrons. The number of aliphatic hydroxyl groups excluding tert-OH is 1. The van der Waals surface area contributed by atoms with E-state index in [9.17, 15) is 24.9 Å². The Morgan fingerprint density at radius 1 is 0.625 bits per heavy atom. The number of nitriles is 1. The maximum Gasteiger partial charge on any atom is 1.00 e. The molecule has 5 aliphatic rings. The van der Waals surface area contributed by atoms with Crippen LogP contribution in [0.1, 0.15) is 185 Å². The van der Waals surface area contributed by atoms with E-state index in [0.717, 1.165) is 122 Å². The van der Waals surface area contributed by atoms with Crippen LogP contribution < -0.4 is 12.4 Å². The first-order chi connectivity index (χ1) is 37.1. The summed E-state index contributed by atoms with van der Waals surface area (Å²) < 4.78 is 26.8. The van der Waals surface area contributed by atoms with Crippen molar-refractivity contribution in [3.05, 3.63) is 109 Å². The van der Waals surface area contributed by atoms with Crippen LogP contribution in [0.2, 0.25) is 0 Å². The molecule has 0 radical (unpaired) electrons. The topological polar surface area (TPSA) is 183 Å². The molecule has 3 aromatic rings. The van der Waals surface area contributed by atoms with E-state index in [4.69, 9.17) is 50.3 Å². The molecule has 0 bridgehead atoms. The molecule has 3 aromatic carbocycles. The van der Waals surface area contributed by atoms with E-state index in [1.165, 1.54) is 27.8 Å². The van der Waals surface area contributed by atoms with Gasteiger partial charge in [-0.3, -0.25) is 4.79 Å². The van der Waals surface area contributed by atoms with Crippen molar-refractivity contribution in [1.82, 2.24) is 0 Å². The minimum atomic E-state index is -1.07. The first-order valence-electron chi connectivity index (χ1n) is 28.5. The van der Waals surface area contributed by atoms with Gasteiger partial charge in [0, 0.05) is 34.9 Å². The summed E-state index contributed by atoms with van der Waals surface area (Å²) in [6.07, 6.45) is 15.7. The molecular weight excluding hydrogens is 1060 g/mol. The molecule has 4 fully saturated rings. The third-order valence-electron chi connectivity index (χ3n) is 16.8. The fraction of sp³-hybridized carbons (Fsp3) is 0.646. The van der Waals surface area contributed by atoms with Crippen molar-refractivity contribution < 1.29 is 72.2 Å². The number of benzene rings is 3. The molecule has 8 rings (SSSR count). The fourth-order valence-corrected chi connectivity index (χ4v) is 12.1. The minimum absolute atomic E-state index is 0. The van der Waals surface area contributed by atoms with Crippen molar-refractivity contribution >= 4 is 28.4 Å². The first kappa shape index (κ1) is 70.4. The number of ether oxygens (including phenoxy) is 5. The Morgan fingerprint density at radius 3 is 1.38 bits per heavy atom. The Bertz CT molecular complexity index is 2470. The van der Waals surface area contributed by atoms with E-state index >= 15 is 0 Å². The van der Waals surface area contributed by atoms with Gasteiger partial charge in [0.1, 0.15) is 11.2 Å². The van der Waals surface area contributed by atoms with Crippen LogP contribution in [-0.4, -0.2) is 108 Å². The molecule has 0 amide bonds. The Morgan fingerprint density at radius 2 is 0.988 bits per heavy atom. The lowest BCUT2D eigenvalue weighted by molar-refractivity contribution is -0.364. The van der Waals surface area contributed by atoms with Crippen LogP contribution in [-0.2, 0) is 55.9 Å². The number of esters is 1. The first-order valence-corrected chi connectivity index (χ1v) is 28.9. The van der Waals surface area contributed by atoms with Gasteiger partial charge in [-0.2, -0.15) is 5.26 Å². The Hall–Kier alpha value is -3.91. The monoisotopic (exact) mass is 1150 g/mol. The van der Waals surface area contributed by atoms with Crippen LogP contribution in [0.25, 0.3) is 5.57 Å². The summed E-state index contributed by atoms with van der Waals surface area (Å²) in [5.74, 6) is -0.305. The summed E-state index contributed by atoms with van der Waals surface area (Å²) in [7, 11) is 6.90. The summed E-state index contributed by atoms with van der Waals surface area (Å²) in [5, 5.41) is 38.1. The van der Waals surface area contributed by atoms with Crippen LogP contribution in [0.3, 0.4) is 0 Å². The van der Waals surface area contributed by atoms with Crippen molar-refractivity contribution in [3.63, 3.8) is 0 Å². The van der Waals surface area contributed by atoms with Gasteiger partial charge in [0.05, 0.1) is 42.7 Å². The number of aliphatic hydroxyl groups is 3. The number of aryl methyl sites for hydroxylation is 9. The maximum absolute atomic E-state index is 12.5. The third-order valence-corrected chi connectivity index (χ3v) is 17.0. The number of nitrogens with zero attached hydrogens (tertiary/aromatic N) is 1. The number of carbonyl (C=O) groups excluding carboxylic acids is 2. The van der Waals surface area contributed by atoms with Crippen LogP contribution in [0.4, 0.5) is 0 Å². The van der Waals surface area contributed by atoms with Gasteiger partial charge in [0.25, 0.3) is 0 Å². The molecule has 4 aliphatic carbocycles. The molecule has 80 heavy (non-hydrogen) atoms. The lowest BCUT2D eigenvalue weighted by Gasteiger charge is -2.35. The van der Waals surface area contributed by atoms with Gasteiger partial charge in [-0.1, -0.05) is 53.1 Å². The van der Waals surface area contributed by atoms with E-state index in [2.05, 4.69) is 52.0 Å². The highest BCUT2D eigenvalue weighted by Crippen LogP contribution is 2.47. The molecule has 0 unspecified atom stereocenters. The average molecular weight is 1160 g/mol. The number of methoxy groups -OCH3 is 4. The summed E-state index contributed by atoms with van der Waals surface area (Å²) in [6, 6.07) is 14.6. The molecule has 15 heteroatoms. The lowest BCUT2D eigenvalue weighted by Crippen LogP contribution is -3.00. The molecule has 0 atom stereocenters. The lowest BCUT2D eigenvalue weighted by atomic mass is 9.80. The second-order valence-corrected chi connectivity index (χ2v) is 24.1. The number of rotatable bonds is 12. The van der Waals surface area contributed by atoms with Crippen molar-refractivity contribution in [1.29, 1.82) is 5.26 Å². The molecule has 0 aromatic heterocycles. The molecule has 3 N–H and O–H groups in total. The highest BCUT2D eigenvalue weighted by Gasteiger charge is 2.51. The molecular formula is C65H97Cl2NO12. The summed E-state index contributed by atoms with van der Waals surface area (Å²) in [5.41, 5.74) is 11.7. The molecule has 1 spiro atoms. The number of hydrogen-bond acceptors (Lipinski definition) is 13. The van der Waals surface area contributed by atoms with Crippen molar-refractivity contribution in [2.24, 2.45) is 0 Å². The summed E-state index contributed by atoms with van der Waals surface area (Å²) in [4.78, 5) is 34.6. The van der Waals surface area contributed by atoms with E-state index < -0.39 is 22.8 Å². The zero-order chi connectivity index (χ0) is 58.9. The third kappa shape index (κ3) is 20.8. The Labute approximate surface area is 492 Å². The average Bonchev–Trinajstić information content (AvgIpc) is 3.62. The quantitative estimate of drug-likeness (QED) is 0.0389. The van der Waals surface area contributed by atoms with E-state index in [0.29, 0.717) is 56.5 Å². The molecule has 1 aliphatic heterocycles. The fourth-order valence-electron chi connectivity index (χ4n) is 12.0. The number of halogens is 2. The van der Waals surface area contributed by atoms with Crippen molar-refractivity contribution in [3.8, 4) is 6.07 Å². The van der Waals surface area contributed by atoms with Gasteiger partial charge in [0.15, 0.2) is 17.0 Å². The number of carbonyl (C=O) groups is 2. The largest absolute Gasteiger partial charge is 1.00 e. The van der Waals surface area contributed by atoms with Crippen LogP contribution in [0.5, 0.6) is 0 Å². The second-order valence-electron chi connectivity index (χ2n) is 23.7. The van der Waals surface area contributed by atoms with E-state index in [-0.39, 0.29) is 42.6 Å². The van der Waals surface area contributed by atoms with Crippen molar-refractivity contribution in [2.45, 2.75) is 239 Å². The SMILES string of the molecule is COC1CCC(C)(O)CC1.COC1CCC(C)(OOCCc2c(C)cc(C)cc2C)CC1.COC1CCC(O)(C#N)CC1.COC1CCC2(CC1)OC(=O)C(c1c(C)cc(C)cc1C)=C2O.Cc1cc(C)c(CC(=O)Cl)c(C)c1.[Cl-].[H+]. The smallest absolute Gasteiger partial charge is 1.00 e. The molecule has 1 heterocycles. The van der Waals surface area contributed by atoms with Gasteiger partial charge in [0.2, 0.25) is 5.24 Å². The standard InChI is InChI=1S/C19H24O4.C19H30O3.C11H13ClO.C8H13NO2.C8H16O2.ClH/c1-11-9-12(2)15(13(3)10-11)16-17(20)19(23-18(16)21)7-5-14(22-4)6-8-19;1-14-12-15(2)18(16(3)13-14)8-11-21-22-19(4)9-6-17(20-5)7-10-19;1-7-4-8(2)10(6-11(12)13)9(3)5-7;1-11-7-2-4-8(10,6-9)5-3-7;1-8(9)5-3-7(10-2)4-6-8;/h9-10,14,20H,5-8H2,1-4H3;12-13,17H,6-11H2,1-5H3;4-5H,6H2,1-3H3;7,10H,2-5H2,1H3;7,9H,3-6H2,1-2H3;1H. The Balaban J connectivity index is 0.000000358. The highest BCUT2D eigenvalue weighted by atomic mass is 35.5. The minimum Gasteiger partial charge on any atom is -1.00 e. The highest BCUT2D eigenvalue weighted by molar-refractivity contribution is 6.63. The van der Waals surface area contributed by atoms with Gasteiger partial charge < -0.3 is 51.4 Å². The molecule has 13 nitrogen and oxygen atoms in total. The zero-order valence-corrected chi connectivity index (χ0v) is 52.4. The van der Waals surface area contributed by atoms with E-state index in [1.807, 2.05) is 66.7 Å².